The van der Waals surface area contributed by atoms with Gasteiger partial charge < -0.3 is 42.0 Å². The summed E-state index contributed by atoms with van der Waals surface area (Å²) in [6.07, 6.45) is 1.69. The van der Waals surface area contributed by atoms with Crippen LogP contribution in [-0.2, 0) is 14.4 Å². The van der Waals surface area contributed by atoms with E-state index in [-0.39, 0.29) is 51.3 Å². The molecule has 0 saturated carbocycles. The molecule has 0 N–H and O–H groups in total. The summed E-state index contributed by atoms with van der Waals surface area (Å²) in [5.41, 5.74) is 1.19. The summed E-state index contributed by atoms with van der Waals surface area (Å²) in [6, 6.07) is 11.4. The van der Waals surface area contributed by atoms with E-state index in [1.54, 1.807) is 47.0 Å². The fourth-order valence-electron chi connectivity index (χ4n) is 5.94. The van der Waals surface area contributed by atoms with E-state index in [0.29, 0.717) is 38.2 Å². The molecule has 246 valence electrons. The van der Waals surface area contributed by atoms with E-state index in [1.165, 1.54) is 55.3 Å². The predicted octanol–water partition coefficient (Wildman–Crippen LogP) is 5.83. The van der Waals surface area contributed by atoms with Crippen LogP contribution in [0.4, 0.5) is 0 Å². The summed E-state index contributed by atoms with van der Waals surface area (Å²) >= 11 is 0. The first kappa shape index (κ1) is 31.7. The minimum atomic E-state index is -0.693. The molecule has 13 nitrogen and oxygen atoms in total. The SMILES string of the molecule is COc1cc(-c2c3c4cc(OC)c(OC(C)=O)cc4oc(=O)c3n3ccc4c(OC)c(OC)c(OC(C)=O)cc4c23)ccc1OC(C)=O. The Morgan fingerprint density at radius 3 is 1.83 bits per heavy atom. The molecular formula is C35H29NO12. The Morgan fingerprint density at radius 1 is 0.604 bits per heavy atom. The molecule has 6 rings (SSSR count). The summed E-state index contributed by atoms with van der Waals surface area (Å²) in [5.74, 6) is -0.433. The van der Waals surface area contributed by atoms with Gasteiger partial charge in [-0.1, -0.05) is 6.07 Å². The van der Waals surface area contributed by atoms with Crippen molar-refractivity contribution < 1.29 is 52.0 Å². The lowest BCUT2D eigenvalue weighted by molar-refractivity contribution is -0.132. The zero-order chi connectivity index (χ0) is 34.4. The van der Waals surface area contributed by atoms with Gasteiger partial charge in [0.1, 0.15) is 11.1 Å². The van der Waals surface area contributed by atoms with Crippen LogP contribution in [0.3, 0.4) is 0 Å². The molecule has 13 heteroatoms. The summed E-state index contributed by atoms with van der Waals surface area (Å²) in [7, 11) is 5.75. The van der Waals surface area contributed by atoms with Crippen LogP contribution in [0.5, 0.6) is 40.2 Å². The lowest BCUT2D eigenvalue weighted by atomic mass is 9.97. The summed E-state index contributed by atoms with van der Waals surface area (Å²) in [6.45, 7) is 3.78. The molecule has 0 saturated heterocycles. The van der Waals surface area contributed by atoms with Crippen molar-refractivity contribution in [1.82, 2.24) is 4.40 Å². The van der Waals surface area contributed by atoms with E-state index in [1.807, 2.05) is 0 Å². The normalized spacial score (nSPS) is 11.1. The molecule has 0 aliphatic carbocycles. The predicted molar refractivity (Wildman–Crippen MR) is 174 cm³/mol. The third-order valence-electron chi connectivity index (χ3n) is 7.64. The van der Waals surface area contributed by atoms with Gasteiger partial charge in [0.25, 0.3) is 0 Å². The number of ether oxygens (including phenoxy) is 7. The standard InChI is InChI=1S/C35H29NO12/c1-16(37)45-23-9-8-19(12-25(23)41-4)29-30-22-14-26(42-5)27(46-17(2)38)15-24(22)48-35(40)32(30)36-11-10-20-21(31(29)36)13-28(47-18(3)39)34(44-7)33(20)43-6/h8-15H,1-7H3. The molecule has 0 bridgehead atoms. The number of pyridine rings is 1. The summed E-state index contributed by atoms with van der Waals surface area (Å²) in [5, 5.41) is 2.01. The Balaban J connectivity index is 1.88. The first-order valence-electron chi connectivity index (χ1n) is 14.4. The minimum Gasteiger partial charge on any atom is -0.493 e. The number of carbonyl (C=O) groups excluding carboxylic acids is 3. The number of carbonyl (C=O) groups is 3. The molecule has 0 amide bonds. The molecule has 48 heavy (non-hydrogen) atoms. The van der Waals surface area contributed by atoms with Gasteiger partial charge in [-0.15, -0.1) is 0 Å². The van der Waals surface area contributed by atoms with E-state index in [9.17, 15) is 19.2 Å². The van der Waals surface area contributed by atoms with Crippen molar-refractivity contribution in [3.8, 4) is 51.4 Å². The quantitative estimate of drug-likeness (QED) is 0.110. The maximum absolute atomic E-state index is 13.9. The highest BCUT2D eigenvalue weighted by molar-refractivity contribution is 6.22. The fourth-order valence-corrected chi connectivity index (χ4v) is 5.94. The van der Waals surface area contributed by atoms with Crippen molar-refractivity contribution in [3.05, 3.63) is 59.1 Å². The van der Waals surface area contributed by atoms with Gasteiger partial charge in [0, 0.05) is 60.1 Å². The first-order chi connectivity index (χ1) is 23.0. The van der Waals surface area contributed by atoms with Crippen LogP contribution in [0, 0.1) is 0 Å². The smallest absolute Gasteiger partial charge is 0.361 e. The van der Waals surface area contributed by atoms with Crippen molar-refractivity contribution >= 4 is 56.1 Å². The molecule has 0 fully saturated rings. The zero-order valence-corrected chi connectivity index (χ0v) is 27.0. The third-order valence-corrected chi connectivity index (χ3v) is 7.64. The van der Waals surface area contributed by atoms with Gasteiger partial charge in [-0.25, -0.2) is 4.79 Å². The Kier molecular flexibility index (Phi) is 8.05. The molecular weight excluding hydrogens is 626 g/mol. The van der Waals surface area contributed by atoms with E-state index < -0.39 is 23.5 Å². The number of rotatable bonds is 8. The Hall–Kier alpha value is -6.24. The maximum Gasteiger partial charge on any atom is 0.361 e. The van der Waals surface area contributed by atoms with Gasteiger partial charge in [-0.3, -0.25) is 14.4 Å². The molecule has 3 aromatic heterocycles. The molecule has 3 aromatic carbocycles. The van der Waals surface area contributed by atoms with Crippen molar-refractivity contribution in [1.29, 1.82) is 0 Å². The highest BCUT2D eigenvalue weighted by atomic mass is 16.6. The molecule has 0 aliphatic rings. The highest BCUT2D eigenvalue weighted by Gasteiger charge is 2.27. The highest BCUT2D eigenvalue weighted by Crippen LogP contribution is 2.49. The average molecular weight is 656 g/mol. The molecule has 0 radical (unpaired) electrons. The maximum atomic E-state index is 13.9. The van der Waals surface area contributed by atoms with Crippen LogP contribution in [0.1, 0.15) is 20.8 Å². The molecule has 6 aromatic rings. The van der Waals surface area contributed by atoms with Crippen LogP contribution in [0.15, 0.2) is 57.9 Å². The van der Waals surface area contributed by atoms with E-state index >= 15 is 0 Å². The fraction of sp³-hybridized carbons (Fsp3) is 0.200. The number of methoxy groups -OCH3 is 4. The number of esters is 3. The lowest BCUT2D eigenvalue weighted by Gasteiger charge is -2.16. The van der Waals surface area contributed by atoms with E-state index in [2.05, 4.69) is 0 Å². The molecule has 0 unspecified atom stereocenters. The number of aromatic nitrogens is 1. The van der Waals surface area contributed by atoms with E-state index in [4.69, 9.17) is 37.6 Å². The van der Waals surface area contributed by atoms with Gasteiger partial charge in [-0.2, -0.15) is 0 Å². The van der Waals surface area contributed by atoms with Crippen LogP contribution >= 0.6 is 0 Å². The summed E-state index contributed by atoms with van der Waals surface area (Å²) < 4.78 is 46.3. The largest absolute Gasteiger partial charge is 0.493 e. The molecule has 3 heterocycles. The Labute approximate surface area is 272 Å². The van der Waals surface area contributed by atoms with Crippen LogP contribution in [0.2, 0.25) is 0 Å². The first-order valence-corrected chi connectivity index (χ1v) is 14.4. The second-order valence-corrected chi connectivity index (χ2v) is 10.6. The average Bonchev–Trinajstić information content (AvgIpc) is 3.40. The van der Waals surface area contributed by atoms with Crippen LogP contribution in [-0.4, -0.2) is 50.7 Å². The second-order valence-electron chi connectivity index (χ2n) is 10.6. The van der Waals surface area contributed by atoms with Crippen molar-refractivity contribution in [2.75, 3.05) is 28.4 Å². The number of hydrogen-bond donors (Lipinski definition) is 0. The van der Waals surface area contributed by atoms with Gasteiger partial charge in [0.05, 0.1) is 34.0 Å². The summed E-state index contributed by atoms with van der Waals surface area (Å²) in [4.78, 5) is 49.7. The van der Waals surface area contributed by atoms with Crippen molar-refractivity contribution in [2.24, 2.45) is 0 Å². The van der Waals surface area contributed by atoms with Crippen LogP contribution < -0.4 is 38.8 Å². The molecule has 0 atom stereocenters. The van der Waals surface area contributed by atoms with Crippen LogP contribution in [0.25, 0.3) is 49.3 Å². The number of hydrogen-bond acceptors (Lipinski definition) is 12. The monoisotopic (exact) mass is 655 g/mol. The van der Waals surface area contributed by atoms with E-state index in [0.717, 1.165) is 0 Å². The third kappa shape index (κ3) is 5.14. The van der Waals surface area contributed by atoms with Gasteiger partial charge in [-0.05, 0) is 35.9 Å². The van der Waals surface area contributed by atoms with Gasteiger partial charge in [0.15, 0.2) is 34.5 Å². The number of benzene rings is 3. The second kappa shape index (κ2) is 12.2. The zero-order valence-electron chi connectivity index (χ0n) is 27.0. The molecule has 0 spiro atoms. The molecule has 0 aliphatic heterocycles. The topological polar surface area (TPSA) is 150 Å². The van der Waals surface area contributed by atoms with Gasteiger partial charge in [0.2, 0.25) is 5.75 Å². The lowest BCUT2D eigenvalue weighted by Crippen LogP contribution is -2.06. The van der Waals surface area contributed by atoms with Gasteiger partial charge >= 0.3 is 23.5 Å². The van der Waals surface area contributed by atoms with Crippen molar-refractivity contribution in [2.45, 2.75) is 20.8 Å². The number of fused-ring (bicyclic) bond motifs is 7. The minimum absolute atomic E-state index is 0.0611. The Bertz CT molecular complexity index is 2380. The number of nitrogens with zero attached hydrogens (tertiary/aromatic N) is 1. The Morgan fingerprint density at radius 2 is 1.21 bits per heavy atom. The van der Waals surface area contributed by atoms with Crippen molar-refractivity contribution in [3.63, 3.8) is 0 Å².